The van der Waals surface area contributed by atoms with Crippen molar-refractivity contribution in [2.24, 2.45) is 5.92 Å². The molecule has 0 bridgehead atoms. The van der Waals surface area contributed by atoms with Crippen LogP contribution in [0.3, 0.4) is 0 Å². The number of ether oxygens (including phenoxy) is 1. The molecule has 2 atom stereocenters. The first-order valence-corrected chi connectivity index (χ1v) is 10.2. The van der Waals surface area contributed by atoms with Crippen LogP contribution in [0.1, 0.15) is 41.7 Å². The van der Waals surface area contributed by atoms with Gasteiger partial charge in [0.1, 0.15) is 0 Å². The quantitative estimate of drug-likeness (QED) is 0.502. The number of carbonyl (C=O) groups excluding carboxylic acids is 2. The standard InChI is InChI=1S/C24H26N2O3/c1-2-29-24(28)18-11-8-14-26(16-18)22(17-9-4-3-5-10-17)23(27)20-15-25-21-13-7-6-12-19(20)21/h3-7,9-10,12-13,15,18,22,25H,2,8,11,14,16H2,1H3/t18-,22+/m0/s1. The molecule has 1 aromatic heterocycles. The van der Waals surface area contributed by atoms with Gasteiger partial charge in [-0.05, 0) is 37.9 Å². The van der Waals surface area contributed by atoms with Crippen LogP contribution in [0, 0.1) is 5.92 Å². The number of aromatic nitrogens is 1. The third-order valence-electron chi connectivity index (χ3n) is 5.66. The van der Waals surface area contributed by atoms with Gasteiger partial charge in [0.05, 0.1) is 18.6 Å². The molecule has 0 amide bonds. The first-order chi connectivity index (χ1) is 14.2. The average Bonchev–Trinajstić information content (AvgIpc) is 3.19. The largest absolute Gasteiger partial charge is 0.466 e. The van der Waals surface area contributed by atoms with Gasteiger partial charge in [-0.25, -0.2) is 0 Å². The van der Waals surface area contributed by atoms with Crippen molar-refractivity contribution in [3.63, 3.8) is 0 Å². The van der Waals surface area contributed by atoms with Gasteiger partial charge in [0.2, 0.25) is 0 Å². The molecule has 3 aromatic rings. The van der Waals surface area contributed by atoms with Crippen LogP contribution in [0.4, 0.5) is 0 Å². The van der Waals surface area contributed by atoms with Crippen molar-refractivity contribution < 1.29 is 14.3 Å². The number of nitrogens with zero attached hydrogens (tertiary/aromatic N) is 1. The van der Waals surface area contributed by atoms with Crippen molar-refractivity contribution in [1.29, 1.82) is 0 Å². The maximum absolute atomic E-state index is 13.7. The number of nitrogens with one attached hydrogen (secondary N) is 1. The second-order valence-electron chi connectivity index (χ2n) is 7.51. The summed E-state index contributed by atoms with van der Waals surface area (Å²) in [4.78, 5) is 31.4. The molecule has 4 rings (SSSR count). The minimum atomic E-state index is -0.423. The van der Waals surface area contributed by atoms with Gasteiger partial charge in [-0.3, -0.25) is 14.5 Å². The SMILES string of the molecule is CCOC(=O)[C@H]1CCCN([C@@H](C(=O)c2c[nH]c3ccccc23)c2ccccc2)C1. The molecule has 1 fully saturated rings. The molecule has 1 aliphatic heterocycles. The number of H-pyrrole nitrogens is 1. The number of aromatic amines is 1. The Morgan fingerprint density at radius 3 is 2.69 bits per heavy atom. The number of hydrogen-bond acceptors (Lipinski definition) is 4. The zero-order chi connectivity index (χ0) is 20.2. The second kappa shape index (κ2) is 8.62. The fraction of sp³-hybridized carbons (Fsp3) is 0.333. The van der Waals surface area contributed by atoms with Gasteiger partial charge in [0.15, 0.2) is 5.78 Å². The van der Waals surface area contributed by atoms with E-state index in [0.29, 0.717) is 18.7 Å². The molecule has 1 aliphatic rings. The third kappa shape index (κ3) is 3.96. The van der Waals surface area contributed by atoms with E-state index in [-0.39, 0.29) is 17.7 Å². The van der Waals surface area contributed by atoms with Crippen molar-refractivity contribution in [3.05, 3.63) is 71.9 Å². The van der Waals surface area contributed by atoms with Gasteiger partial charge < -0.3 is 9.72 Å². The maximum Gasteiger partial charge on any atom is 0.310 e. The van der Waals surface area contributed by atoms with Crippen LogP contribution in [0.25, 0.3) is 10.9 Å². The van der Waals surface area contributed by atoms with Gasteiger partial charge in [-0.2, -0.15) is 0 Å². The molecule has 0 radical (unpaired) electrons. The smallest absolute Gasteiger partial charge is 0.310 e. The molecule has 29 heavy (non-hydrogen) atoms. The lowest BCUT2D eigenvalue weighted by Crippen LogP contribution is -2.44. The molecule has 0 aliphatic carbocycles. The molecule has 2 heterocycles. The van der Waals surface area contributed by atoms with E-state index < -0.39 is 6.04 Å². The van der Waals surface area contributed by atoms with Crippen molar-refractivity contribution in [2.75, 3.05) is 19.7 Å². The number of para-hydroxylation sites is 1. The van der Waals surface area contributed by atoms with E-state index in [1.54, 1.807) is 6.20 Å². The van der Waals surface area contributed by atoms with E-state index in [2.05, 4.69) is 9.88 Å². The summed E-state index contributed by atoms with van der Waals surface area (Å²) in [5.74, 6) is -0.299. The minimum Gasteiger partial charge on any atom is -0.466 e. The van der Waals surface area contributed by atoms with Crippen LogP contribution in [-0.2, 0) is 9.53 Å². The highest BCUT2D eigenvalue weighted by molar-refractivity contribution is 6.10. The van der Waals surface area contributed by atoms with E-state index >= 15 is 0 Å². The topological polar surface area (TPSA) is 62.4 Å². The summed E-state index contributed by atoms with van der Waals surface area (Å²) in [6.45, 7) is 3.52. The predicted octanol–water partition coefficient (Wildman–Crippen LogP) is 4.37. The van der Waals surface area contributed by atoms with Crippen LogP contribution >= 0.6 is 0 Å². The van der Waals surface area contributed by atoms with Gasteiger partial charge in [-0.1, -0.05) is 48.5 Å². The number of Topliss-reactive ketones (excluding diaryl/α,β-unsaturated/α-hetero) is 1. The van der Waals surface area contributed by atoms with Gasteiger partial charge in [0.25, 0.3) is 0 Å². The summed E-state index contributed by atoms with van der Waals surface area (Å²) in [5, 5.41) is 0.928. The van der Waals surface area contributed by atoms with Crippen LogP contribution in [0.5, 0.6) is 0 Å². The summed E-state index contributed by atoms with van der Waals surface area (Å²) in [6, 6.07) is 17.3. The summed E-state index contributed by atoms with van der Waals surface area (Å²) < 4.78 is 5.25. The number of rotatable bonds is 6. The molecule has 0 spiro atoms. The number of likely N-dealkylation sites (tertiary alicyclic amines) is 1. The van der Waals surface area contributed by atoms with Gasteiger partial charge in [0, 0.05) is 29.2 Å². The lowest BCUT2D eigenvalue weighted by atomic mass is 9.91. The van der Waals surface area contributed by atoms with Crippen LogP contribution in [-0.4, -0.2) is 41.3 Å². The highest BCUT2D eigenvalue weighted by Gasteiger charge is 2.35. The first kappa shape index (κ1) is 19.4. The zero-order valence-corrected chi connectivity index (χ0v) is 16.6. The number of ketones is 1. The van der Waals surface area contributed by atoms with E-state index in [1.807, 2.05) is 61.5 Å². The Labute approximate surface area is 170 Å². The van der Waals surface area contributed by atoms with Crippen molar-refractivity contribution in [1.82, 2.24) is 9.88 Å². The molecule has 0 saturated carbocycles. The predicted molar refractivity (Wildman–Crippen MR) is 113 cm³/mol. The Balaban J connectivity index is 1.69. The van der Waals surface area contributed by atoms with Gasteiger partial charge in [-0.15, -0.1) is 0 Å². The van der Waals surface area contributed by atoms with E-state index in [4.69, 9.17) is 4.74 Å². The van der Waals surface area contributed by atoms with Crippen molar-refractivity contribution in [3.8, 4) is 0 Å². The van der Waals surface area contributed by atoms with Crippen LogP contribution in [0.2, 0.25) is 0 Å². The summed E-state index contributed by atoms with van der Waals surface area (Å²) >= 11 is 0. The molecule has 2 aromatic carbocycles. The number of piperidine rings is 1. The first-order valence-electron chi connectivity index (χ1n) is 10.2. The lowest BCUT2D eigenvalue weighted by molar-refractivity contribution is -0.150. The lowest BCUT2D eigenvalue weighted by Gasteiger charge is -2.37. The highest BCUT2D eigenvalue weighted by atomic mass is 16.5. The Morgan fingerprint density at radius 2 is 1.90 bits per heavy atom. The van der Waals surface area contributed by atoms with Crippen LogP contribution < -0.4 is 0 Å². The molecule has 5 nitrogen and oxygen atoms in total. The van der Waals surface area contributed by atoms with E-state index in [9.17, 15) is 9.59 Å². The maximum atomic E-state index is 13.7. The molecular formula is C24H26N2O3. The van der Waals surface area contributed by atoms with Crippen molar-refractivity contribution >= 4 is 22.7 Å². The van der Waals surface area contributed by atoms with E-state index in [1.165, 1.54) is 0 Å². The zero-order valence-electron chi connectivity index (χ0n) is 16.6. The molecule has 150 valence electrons. The molecule has 0 unspecified atom stereocenters. The normalized spacial score (nSPS) is 18.4. The Hall–Kier alpha value is -2.92. The molecule has 1 N–H and O–H groups in total. The molecule has 5 heteroatoms. The Bertz CT molecular complexity index is 996. The number of esters is 1. The fourth-order valence-electron chi connectivity index (χ4n) is 4.28. The summed E-state index contributed by atoms with van der Waals surface area (Å²) in [7, 11) is 0. The monoisotopic (exact) mass is 390 g/mol. The molecule has 1 saturated heterocycles. The molecular weight excluding hydrogens is 364 g/mol. The number of fused-ring (bicyclic) bond motifs is 1. The van der Waals surface area contributed by atoms with Crippen LogP contribution in [0.15, 0.2) is 60.8 Å². The summed E-state index contributed by atoms with van der Waals surface area (Å²) in [5.41, 5.74) is 2.59. The van der Waals surface area contributed by atoms with E-state index in [0.717, 1.165) is 35.9 Å². The Morgan fingerprint density at radius 1 is 1.14 bits per heavy atom. The number of benzene rings is 2. The fourth-order valence-corrected chi connectivity index (χ4v) is 4.28. The number of hydrogen-bond donors (Lipinski definition) is 1. The Kier molecular flexibility index (Phi) is 5.76. The van der Waals surface area contributed by atoms with Gasteiger partial charge >= 0.3 is 5.97 Å². The summed E-state index contributed by atoms with van der Waals surface area (Å²) in [6.07, 6.45) is 3.47. The third-order valence-corrected chi connectivity index (χ3v) is 5.66. The minimum absolute atomic E-state index is 0.0539. The average molecular weight is 390 g/mol. The van der Waals surface area contributed by atoms with Crippen molar-refractivity contribution in [2.45, 2.75) is 25.8 Å². The number of carbonyl (C=O) groups is 2. The second-order valence-corrected chi connectivity index (χ2v) is 7.51. The highest BCUT2D eigenvalue weighted by Crippen LogP contribution is 2.32.